The van der Waals surface area contributed by atoms with Crippen LogP contribution in [0.4, 0.5) is 0 Å². The van der Waals surface area contributed by atoms with Crippen molar-refractivity contribution in [1.29, 1.82) is 0 Å². The van der Waals surface area contributed by atoms with Crippen LogP contribution in [0.2, 0.25) is 0 Å². The van der Waals surface area contributed by atoms with Crippen LogP contribution in [0.5, 0.6) is 0 Å². The molecule has 1 heterocycles. The Labute approximate surface area is 85.9 Å². The van der Waals surface area contributed by atoms with Crippen molar-refractivity contribution in [3.05, 3.63) is 11.5 Å². The predicted molar refractivity (Wildman–Crippen MR) is 48.0 cm³/mol. The van der Waals surface area contributed by atoms with E-state index in [1.165, 1.54) is 0 Å². The number of hydrogen-bond acceptors (Lipinski definition) is 7. The lowest BCUT2D eigenvalue weighted by Gasteiger charge is -2.13. The van der Waals surface area contributed by atoms with Gasteiger partial charge >= 0.3 is 5.97 Å². The van der Waals surface area contributed by atoms with Crippen LogP contribution in [-0.4, -0.2) is 56.9 Å². The molecule has 0 fully saturated rings. The van der Waals surface area contributed by atoms with Crippen molar-refractivity contribution in [3.8, 4) is 0 Å². The number of aliphatic hydroxyl groups is 5. The second-order valence-electron chi connectivity index (χ2n) is 2.63. The van der Waals surface area contributed by atoms with Gasteiger partial charge in [-0.3, -0.25) is 0 Å². The monoisotopic (exact) mass is 222 g/mol. The average Bonchev–Trinajstić information content (AvgIpc) is 2.46. The average molecular weight is 222 g/mol. The van der Waals surface area contributed by atoms with Crippen molar-refractivity contribution in [2.24, 2.45) is 0 Å². The molecule has 1 rings (SSSR count). The summed E-state index contributed by atoms with van der Waals surface area (Å²) in [7, 11) is 0. The van der Waals surface area contributed by atoms with Gasteiger partial charge in [0.25, 0.3) is 0 Å². The quantitative estimate of drug-likeness (QED) is 0.363. The highest BCUT2D eigenvalue weighted by atomic mass is 16.6. The zero-order chi connectivity index (χ0) is 12.0. The van der Waals surface area contributed by atoms with Gasteiger partial charge in [0.15, 0.2) is 11.9 Å². The molecule has 0 saturated carbocycles. The largest absolute Gasteiger partial charge is 0.505 e. The van der Waals surface area contributed by atoms with Gasteiger partial charge in [0, 0.05) is 6.61 Å². The molecule has 0 radical (unpaired) electrons. The fourth-order valence-corrected chi connectivity index (χ4v) is 0.823. The standard InChI is InChI=1S/C6H8O6.C2H6O/c7-1-2(8)5-3(9)4(10)6(11)12-5;1-2-3/h2,5,7-10H,1H2;3H,2H2,1H3/t2-,5+;/m0./s1. The predicted octanol–water partition coefficient (Wildman–Crippen LogP) is -1.41. The van der Waals surface area contributed by atoms with E-state index < -0.39 is 36.3 Å². The summed E-state index contributed by atoms with van der Waals surface area (Å²) in [5.41, 5.74) is 0. The van der Waals surface area contributed by atoms with E-state index in [0.29, 0.717) is 0 Å². The van der Waals surface area contributed by atoms with Gasteiger partial charge in [-0.1, -0.05) is 0 Å². The molecule has 0 bridgehead atoms. The van der Waals surface area contributed by atoms with Crippen molar-refractivity contribution < 1.29 is 35.1 Å². The molecule has 7 nitrogen and oxygen atoms in total. The van der Waals surface area contributed by atoms with Gasteiger partial charge in [-0.05, 0) is 6.92 Å². The lowest BCUT2D eigenvalue weighted by atomic mass is 10.2. The minimum Gasteiger partial charge on any atom is -0.505 e. The van der Waals surface area contributed by atoms with E-state index in [9.17, 15) is 4.79 Å². The maximum Gasteiger partial charge on any atom is 0.377 e. The first-order chi connectivity index (χ1) is 6.99. The van der Waals surface area contributed by atoms with Crippen molar-refractivity contribution in [1.82, 2.24) is 0 Å². The van der Waals surface area contributed by atoms with Gasteiger partial charge in [-0.25, -0.2) is 4.79 Å². The number of carbonyl (C=O) groups excluding carboxylic acids is 1. The van der Waals surface area contributed by atoms with Crippen LogP contribution < -0.4 is 0 Å². The second-order valence-corrected chi connectivity index (χ2v) is 2.63. The Hall–Kier alpha value is -1.31. The molecule has 1 aliphatic rings. The van der Waals surface area contributed by atoms with Crippen molar-refractivity contribution in [2.45, 2.75) is 19.1 Å². The van der Waals surface area contributed by atoms with Gasteiger partial charge in [-0.15, -0.1) is 0 Å². The molecule has 88 valence electrons. The molecule has 0 aliphatic carbocycles. The number of rotatable bonds is 2. The van der Waals surface area contributed by atoms with Crippen LogP contribution in [0.3, 0.4) is 0 Å². The maximum atomic E-state index is 10.5. The van der Waals surface area contributed by atoms with E-state index in [1.807, 2.05) is 0 Å². The Bertz CT molecular complexity index is 247. The van der Waals surface area contributed by atoms with Gasteiger partial charge in [-0.2, -0.15) is 0 Å². The Balaban J connectivity index is 0.000000583. The molecule has 0 aromatic carbocycles. The van der Waals surface area contributed by atoms with Crippen LogP contribution in [-0.2, 0) is 9.53 Å². The highest BCUT2D eigenvalue weighted by Crippen LogP contribution is 2.20. The van der Waals surface area contributed by atoms with Gasteiger partial charge in [0.05, 0.1) is 6.61 Å². The summed E-state index contributed by atoms with van der Waals surface area (Å²) in [6.45, 7) is 1.26. The van der Waals surface area contributed by atoms with E-state index in [0.717, 1.165) is 0 Å². The first-order valence-electron chi connectivity index (χ1n) is 4.22. The zero-order valence-electron chi connectivity index (χ0n) is 8.12. The minimum atomic E-state index is -1.42. The minimum absolute atomic E-state index is 0.250. The van der Waals surface area contributed by atoms with Gasteiger partial charge in [0.1, 0.15) is 6.10 Å². The van der Waals surface area contributed by atoms with Crippen LogP contribution in [0.1, 0.15) is 6.92 Å². The van der Waals surface area contributed by atoms with E-state index >= 15 is 0 Å². The third kappa shape index (κ3) is 3.39. The summed E-state index contributed by atoms with van der Waals surface area (Å²) in [5, 5.41) is 42.6. The van der Waals surface area contributed by atoms with Crippen LogP contribution in [0.25, 0.3) is 0 Å². The number of aliphatic hydroxyl groups excluding tert-OH is 5. The molecule has 0 unspecified atom stereocenters. The smallest absolute Gasteiger partial charge is 0.377 e. The number of ether oxygens (including phenoxy) is 1. The molecule has 0 saturated heterocycles. The molecule has 2 atom stereocenters. The second kappa shape index (κ2) is 6.23. The maximum absolute atomic E-state index is 10.5. The zero-order valence-corrected chi connectivity index (χ0v) is 8.12. The van der Waals surface area contributed by atoms with Crippen molar-refractivity contribution >= 4 is 5.97 Å². The molecular weight excluding hydrogens is 208 g/mol. The Morgan fingerprint density at radius 3 is 2.13 bits per heavy atom. The first kappa shape index (κ1) is 13.7. The molecule has 1 aliphatic heterocycles. The lowest BCUT2D eigenvalue weighted by molar-refractivity contribution is -0.147. The molecule has 0 aromatic heterocycles. The number of hydrogen-bond donors (Lipinski definition) is 5. The van der Waals surface area contributed by atoms with Crippen LogP contribution >= 0.6 is 0 Å². The van der Waals surface area contributed by atoms with Crippen molar-refractivity contribution in [3.63, 3.8) is 0 Å². The lowest BCUT2D eigenvalue weighted by Crippen LogP contribution is -2.31. The van der Waals surface area contributed by atoms with E-state index in [2.05, 4.69) is 4.74 Å². The molecule has 5 N–H and O–H groups in total. The summed E-state index contributed by atoms with van der Waals surface area (Å²) in [6.07, 6.45) is -2.78. The normalized spacial score (nSPS) is 21.9. The van der Waals surface area contributed by atoms with E-state index in [1.54, 1.807) is 6.92 Å². The molecule has 0 spiro atoms. The summed E-state index contributed by atoms with van der Waals surface area (Å²) in [5.74, 6) is -2.78. The fourth-order valence-electron chi connectivity index (χ4n) is 0.823. The summed E-state index contributed by atoms with van der Waals surface area (Å²) in [6, 6.07) is 0. The van der Waals surface area contributed by atoms with Crippen LogP contribution in [0, 0.1) is 0 Å². The molecule has 0 aromatic rings. The SMILES string of the molecule is CCO.O=C1O[C@H]([C@@H](O)CO)C(O)=C1O. The Kier molecular flexibility index (Phi) is 5.68. The summed E-state index contributed by atoms with van der Waals surface area (Å²) >= 11 is 0. The third-order valence-corrected chi connectivity index (χ3v) is 1.48. The Morgan fingerprint density at radius 1 is 1.40 bits per heavy atom. The van der Waals surface area contributed by atoms with Crippen LogP contribution in [0.15, 0.2) is 11.5 Å². The number of esters is 1. The van der Waals surface area contributed by atoms with E-state index in [4.69, 9.17) is 25.5 Å². The Morgan fingerprint density at radius 2 is 1.87 bits per heavy atom. The number of cyclic esters (lactones) is 1. The summed E-state index contributed by atoms with van der Waals surface area (Å²) < 4.78 is 4.32. The first-order valence-corrected chi connectivity index (χ1v) is 4.22. The topological polar surface area (TPSA) is 127 Å². The molecule has 0 amide bonds. The van der Waals surface area contributed by atoms with Gasteiger partial charge in [0.2, 0.25) is 5.76 Å². The fraction of sp³-hybridized carbons (Fsp3) is 0.625. The van der Waals surface area contributed by atoms with E-state index in [-0.39, 0.29) is 6.61 Å². The molecule has 15 heavy (non-hydrogen) atoms. The third-order valence-electron chi connectivity index (χ3n) is 1.48. The summed E-state index contributed by atoms with van der Waals surface area (Å²) in [4.78, 5) is 10.5. The highest BCUT2D eigenvalue weighted by Gasteiger charge is 2.38. The van der Waals surface area contributed by atoms with Crippen molar-refractivity contribution in [2.75, 3.05) is 13.2 Å². The highest BCUT2D eigenvalue weighted by molar-refractivity contribution is 5.89. The molecular formula is C8H14O7. The molecule has 7 heteroatoms. The number of carbonyl (C=O) groups is 1. The van der Waals surface area contributed by atoms with Gasteiger partial charge < -0.3 is 30.3 Å².